The quantitative estimate of drug-likeness (QED) is 0.610. The van der Waals surface area contributed by atoms with Crippen molar-refractivity contribution in [2.24, 2.45) is 0 Å². The van der Waals surface area contributed by atoms with Crippen molar-refractivity contribution in [1.29, 1.82) is 0 Å². The molecule has 25 heavy (non-hydrogen) atoms. The number of carbonyl (C=O) groups excluding carboxylic acids is 2. The number of nitrogens with one attached hydrogen (secondary N) is 3. The molecule has 0 radical (unpaired) electrons. The van der Waals surface area contributed by atoms with Gasteiger partial charge in [0.25, 0.3) is 0 Å². The summed E-state index contributed by atoms with van der Waals surface area (Å²) in [5, 5.41) is 16.4. The molecule has 1 atom stereocenters. The molecule has 0 fully saturated rings. The lowest BCUT2D eigenvalue weighted by Crippen LogP contribution is -2.41. The Bertz CT molecular complexity index is 693. The second kappa shape index (κ2) is 10.00. The maximum Gasteiger partial charge on any atom is 0.321 e. The van der Waals surface area contributed by atoms with E-state index >= 15 is 0 Å². The first-order chi connectivity index (χ1) is 12.1. The summed E-state index contributed by atoms with van der Waals surface area (Å²) in [5.74, 6) is -0.389. The summed E-state index contributed by atoms with van der Waals surface area (Å²) in [6.07, 6.45) is 0.990. The zero-order chi connectivity index (χ0) is 18.1. The first-order valence-electron chi connectivity index (χ1n) is 8.01. The van der Waals surface area contributed by atoms with Crippen LogP contribution >= 0.6 is 23.1 Å². The van der Waals surface area contributed by atoms with Crippen molar-refractivity contribution in [1.82, 2.24) is 20.8 Å². The van der Waals surface area contributed by atoms with Crippen LogP contribution in [0.3, 0.4) is 0 Å². The largest absolute Gasteiger partial charge is 0.360 e. The van der Waals surface area contributed by atoms with E-state index in [-0.39, 0.29) is 5.91 Å². The molecule has 3 amide bonds. The fourth-order valence-corrected chi connectivity index (χ4v) is 3.91. The molecular weight excluding hydrogens is 358 g/mol. The summed E-state index contributed by atoms with van der Waals surface area (Å²) in [6.45, 7) is 5.13. The van der Waals surface area contributed by atoms with Crippen LogP contribution in [-0.4, -0.2) is 35.2 Å². The molecule has 9 heteroatoms. The molecule has 0 aliphatic carbocycles. The van der Waals surface area contributed by atoms with Crippen LogP contribution in [0.2, 0.25) is 0 Å². The third-order valence-electron chi connectivity index (χ3n) is 3.07. The summed E-state index contributed by atoms with van der Waals surface area (Å²) in [7, 11) is 0. The van der Waals surface area contributed by atoms with Gasteiger partial charge in [-0.2, -0.15) is 0 Å². The Balaban J connectivity index is 2.13. The molecule has 0 aliphatic rings. The molecular formula is C16H21N5O2S2. The molecule has 1 aromatic carbocycles. The van der Waals surface area contributed by atoms with Gasteiger partial charge in [0.2, 0.25) is 11.0 Å². The third-order valence-corrected chi connectivity index (χ3v) is 5.29. The van der Waals surface area contributed by atoms with Crippen molar-refractivity contribution in [3.8, 4) is 0 Å². The highest BCUT2D eigenvalue weighted by Crippen LogP contribution is 2.37. The number of amides is 3. The number of thioether (sulfide) groups is 1. The van der Waals surface area contributed by atoms with Crippen LogP contribution in [0.4, 0.5) is 9.93 Å². The average Bonchev–Trinajstić information content (AvgIpc) is 3.06. The van der Waals surface area contributed by atoms with Crippen molar-refractivity contribution in [2.75, 3.05) is 18.4 Å². The third kappa shape index (κ3) is 6.02. The van der Waals surface area contributed by atoms with Gasteiger partial charge in [0.05, 0.1) is 0 Å². The van der Waals surface area contributed by atoms with E-state index in [9.17, 15) is 9.59 Å². The number of anilines is 1. The molecule has 3 N–H and O–H groups in total. The Morgan fingerprint density at radius 2 is 1.96 bits per heavy atom. The number of urea groups is 1. The fraction of sp³-hybridized carbons (Fsp3) is 0.375. The van der Waals surface area contributed by atoms with E-state index in [0.717, 1.165) is 23.7 Å². The Morgan fingerprint density at radius 1 is 1.20 bits per heavy atom. The molecule has 0 spiro atoms. The first kappa shape index (κ1) is 19.2. The topological polar surface area (TPSA) is 96.0 Å². The standard InChI is InChI=1S/C16H21N5O2S2/c1-3-10-18-15-20-21-16(25-15)24-12(11-8-6-5-7-9-11)13(22)19-14(23)17-4-2/h5-9,12H,3-4,10H2,1-2H3,(H,18,20)(H2,17,19,22,23)/t12-/m1/s1. The lowest BCUT2D eigenvalue weighted by atomic mass is 10.1. The normalized spacial score (nSPS) is 11.6. The average molecular weight is 380 g/mol. The predicted octanol–water partition coefficient (Wildman–Crippen LogP) is 3.04. The van der Waals surface area contributed by atoms with Gasteiger partial charge >= 0.3 is 6.03 Å². The van der Waals surface area contributed by atoms with Gasteiger partial charge in [0, 0.05) is 13.1 Å². The van der Waals surface area contributed by atoms with Crippen LogP contribution in [-0.2, 0) is 4.79 Å². The monoisotopic (exact) mass is 379 g/mol. The number of rotatable bonds is 8. The smallest absolute Gasteiger partial charge is 0.321 e. The number of nitrogens with zero attached hydrogens (tertiary/aromatic N) is 2. The summed E-state index contributed by atoms with van der Waals surface area (Å²) in [6, 6.07) is 8.80. The van der Waals surface area contributed by atoms with E-state index in [2.05, 4.69) is 33.1 Å². The van der Waals surface area contributed by atoms with Crippen molar-refractivity contribution < 1.29 is 9.59 Å². The molecule has 0 unspecified atom stereocenters. The number of aromatic nitrogens is 2. The molecule has 0 bridgehead atoms. The van der Waals surface area contributed by atoms with Gasteiger partial charge < -0.3 is 10.6 Å². The van der Waals surface area contributed by atoms with Crippen LogP contribution in [0.5, 0.6) is 0 Å². The number of hydrogen-bond acceptors (Lipinski definition) is 7. The molecule has 134 valence electrons. The molecule has 2 aromatic rings. The van der Waals surface area contributed by atoms with E-state index in [1.54, 1.807) is 6.92 Å². The van der Waals surface area contributed by atoms with Gasteiger partial charge in [0.15, 0.2) is 4.34 Å². The highest BCUT2D eigenvalue weighted by molar-refractivity contribution is 8.01. The second-order valence-corrected chi connectivity index (χ2v) is 7.39. The summed E-state index contributed by atoms with van der Waals surface area (Å²) < 4.78 is 0.665. The van der Waals surface area contributed by atoms with Crippen LogP contribution in [0.25, 0.3) is 0 Å². The van der Waals surface area contributed by atoms with Crippen LogP contribution in [0.15, 0.2) is 34.7 Å². The molecule has 0 aliphatic heterocycles. The Morgan fingerprint density at radius 3 is 2.64 bits per heavy atom. The number of hydrogen-bond donors (Lipinski definition) is 3. The minimum Gasteiger partial charge on any atom is -0.360 e. The second-order valence-electron chi connectivity index (χ2n) is 5.06. The minimum absolute atomic E-state index is 0.389. The van der Waals surface area contributed by atoms with Crippen molar-refractivity contribution >= 4 is 40.2 Å². The van der Waals surface area contributed by atoms with Crippen molar-refractivity contribution in [3.05, 3.63) is 35.9 Å². The van der Waals surface area contributed by atoms with Crippen LogP contribution in [0, 0.1) is 0 Å². The number of benzene rings is 1. The molecule has 1 heterocycles. The fourth-order valence-electron chi connectivity index (χ4n) is 1.94. The summed E-state index contributed by atoms with van der Waals surface area (Å²) >= 11 is 2.67. The molecule has 0 saturated heterocycles. The zero-order valence-corrected chi connectivity index (χ0v) is 15.7. The summed E-state index contributed by atoms with van der Waals surface area (Å²) in [4.78, 5) is 24.2. The van der Waals surface area contributed by atoms with Crippen molar-refractivity contribution in [3.63, 3.8) is 0 Å². The number of carbonyl (C=O) groups is 2. The van der Waals surface area contributed by atoms with Gasteiger partial charge in [-0.1, -0.05) is 60.4 Å². The van der Waals surface area contributed by atoms with Crippen LogP contribution in [0.1, 0.15) is 31.1 Å². The predicted molar refractivity (Wildman–Crippen MR) is 101 cm³/mol. The van der Waals surface area contributed by atoms with Crippen molar-refractivity contribution in [2.45, 2.75) is 29.9 Å². The zero-order valence-electron chi connectivity index (χ0n) is 14.1. The summed E-state index contributed by atoms with van der Waals surface area (Å²) in [5.41, 5.74) is 0.799. The van der Waals surface area contributed by atoms with E-state index in [0.29, 0.717) is 10.9 Å². The Labute approximate surface area is 155 Å². The Hall–Kier alpha value is -2.13. The highest BCUT2D eigenvalue weighted by Gasteiger charge is 2.25. The van der Waals surface area contributed by atoms with Crippen LogP contribution < -0.4 is 16.0 Å². The number of imide groups is 1. The molecule has 0 saturated carbocycles. The SMILES string of the molecule is CCCNc1nnc(S[C@@H](C(=O)NC(=O)NCC)c2ccccc2)s1. The maximum absolute atomic E-state index is 12.6. The van der Waals surface area contributed by atoms with E-state index in [4.69, 9.17) is 0 Å². The Kier molecular flexibility index (Phi) is 7.68. The molecule has 1 aromatic heterocycles. The lowest BCUT2D eigenvalue weighted by molar-refractivity contribution is -0.119. The van der Waals surface area contributed by atoms with Gasteiger partial charge in [-0.15, -0.1) is 10.2 Å². The first-order valence-corrected chi connectivity index (χ1v) is 9.71. The maximum atomic E-state index is 12.6. The van der Waals surface area contributed by atoms with Gasteiger partial charge in [0.1, 0.15) is 5.25 Å². The molecule has 2 rings (SSSR count). The molecule has 7 nitrogen and oxygen atoms in total. The van der Waals surface area contributed by atoms with E-state index in [1.165, 1.54) is 23.1 Å². The van der Waals surface area contributed by atoms with Gasteiger partial charge in [-0.05, 0) is 18.9 Å². The van der Waals surface area contributed by atoms with E-state index < -0.39 is 11.3 Å². The minimum atomic E-state index is -0.587. The lowest BCUT2D eigenvalue weighted by Gasteiger charge is -2.15. The highest BCUT2D eigenvalue weighted by atomic mass is 32.2. The van der Waals surface area contributed by atoms with E-state index in [1.807, 2.05) is 30.3 Å². The van der Waals surface area contributed by atoms with Gasteiger partial charge in [-0.25, -0.2) is 4.79 Å². The van der Waals surface area contributed by atoms with Gasteiger partial charge in [-0.3, -0.25) is 10.1 Å².